The number of hydrogen-bond donors (Lipinski definition) is 0. The second kappa shape index (κ2) is 11.2. The van der Waals surface area contributed by atoms with Crippen LogP contribution in [0.2, 0.25) is 0 Å². The van der Waals surface area contributed by atoms with Gasteiger partial charge in [0.15, 0.2) is 0 Å². The van der Waals surface area contributed by atoms with Gasteiger partial charge in [-0.3, -0.25) is 4.90 Å². The summed E-state index contributed by atoms with van der Waals surface area (Å²) in [6, 6.07) is 20.5. The highest BCUT2D eigenvalue weighted by Gasteiger charge is 2.55. The Morgan fingerprint density at radius 2 is 1.63 bits per heavy atom. The molecule has 162 valence electrons. The predicted molar refractivity (Wildman–Crippen MR) is 115 cm³/mol. The summed E-state index contributed by atoms with van der Waals surface area (Å²) >= 11 is 0. The first kappa shape index (κ1) is 24.0. The van der Waals surface area contributed by atoms with Gasteiger partial charge in [-0.25, -0.2) is 0 Å². The highest BCUT2D eigenvalue weighted by atomic mass is 19.4. The molecule has 0 spiro atoms. The number of benzene rings is 2. The van der Waals surface area contributed by atoms with Crippen LogP contribution in [0.25, 0.3) is 0 Å². The highest BCUT2D eigenvalue weighted by molar-refractivity contribution is 5.30. The zero-order chi connectivity index (χ0) is 22.1. The van der Waals surface area contributed by atoms with E-state index in [1.54, 1.807) is 6.07 Å². The zero-order valence-corrected chi connectivity index (χ0v) is 18.0. The van der Waals surface area contributed by atoms with Gasteiger partial charge in [-0.15, -0.1) is 0 Å². The molecule has 2 atom stereocenters. The second-order valence-corrected chi connectivity index (χ2v) is 8.11. The van der Waals surface area contributed by atoms with Crippen molar-refractivity contribution < 1.29 is 13.2 Å². The van der Waals surface area contributed by atoms with Crippen LogP contribution in [0.15, 0.2) is 54.6 Å². The van der Waals surface area contributed by atoms with E-state index in [2.05, 4.69) is 43.0 Å². The van der Waals surface area contributed by atoms with Gasteiger partial charge in [0, 0.05) is 19.5 Å². The van der Waals surface area contributed by atoms with Gasteiger partial charge in [0.1, 0.15) is 0 Å². The monoisotopic (exact) mass is 416 g/mol. The molecule has 0 N–H and O–H groups in total. The quantitative estimate of drug-likeness (QED) is 0.477. The first-order valence-electron chi connectivity index (χ1n) is 10.5. The minimum atomic E-state index is -4.05. The summed E-state index contributed by atoms with van der Waals surface area (Å²) in [5, 5.41) is 7.32. The number of aryl methyl sites for hydroxylation is 1. The molecule has 2 unspecified atom stereocenters. The molecule has 3 rings (SSSR count). The average Bonchev–Trinajstić information content (AvgIpc) is 3.50. The van der Waals surface area contributed by atoms with Crippen LogP contribution in [0.1, 0.15) is 56.2 Å². The van der Waals surface area contributed by atoms with Crippen molar-refractivity contribution in [1.82, 2.24) is 4.90 Å². The molecule has 0 radical (unpaired) electrons. The van der Waals surface area contributed by atoms with Crippen molar-refractivity contribution in [3.8, 4) is 6.07 Å². The smallest absolute Gasteiger partial charge is 0.297 e. The Kier molecular flexibility index (Phi) is 8.92. The molecule has 0 aliphatic heterocycles. The van der Waals surface area contributed by atoms with Gasteiger partial charge in [0.2, 0.25) is 0 Å². The van der Waals surface area contributed by atoms with Crippen LogP contribution < -0.4 is 0 Å². The summed E-state index contributed by atoms with van der Waals surface area (Å²) < 4.78 is 38.1. The van der Waals surface area contributed by atoms with Crippen molar-refractivity contribution in [3.05, 3.63) is 71.3 Å². The molecule has 1 saturated carbocycles. The largest absolute Gasteiger partial charge is 0.392 e. The lowest BCUT2D eigenvalue weighted by Gasteiger charge is -2.26. The molecular formula is C25H31F3N2. The van der Waals surface area contributed by atoms with Gasteiger partial charge in [0.05, 0.1) is 12.0 Å². The summed E-state index contributed by atoms with van der Waals surface area (Å²) in [5.74, 6) is -1.47. The van der Waals surface area contributed by atoms with Crippen LogP contribution in [-0.4, -0.2) is 23.7 Å². The third-order valence-corrected chi connectivity index (χ3v) is 5.49. The van der Waals surface area contributed by atoms with Crippen LogP contribution >= 0.6 is 0 Å². The van der Waals surface area contributed by atoms with Gasteiger partial charge in [-0.1, -0.05) is 54.6 Å². The molecule has 2 aromatic rings. The van der Waals surface area contributed by atoms with Crippen molar-refractivity contribution in [2.75, 3.05) is 6.54 Å². The molecule has 30 heavy (non-hydrogen) atoms. The molecule has 1 aliphatic rings. The van der Waals surface area contributed by atoms with Gasteiger partial charge < -0.3 is 0 Å². The Morgan fingerprint density at radius 1 is 1.03 bits per heavy atom. The summed E-state index contributed by atoms with van der Waals surface area (Å²) in [6.45, 7) is 7.81. The number of nitriles is 1. The van der Waals surface area contributed by atoms with E-state index < -0.39 is 12.1 Å². The minimum absolute atomic E-state index is 0.242. The Labute approximate surface area is 178 Å². The Bertz CT molecular complexity index is 792. The average molecular weight is 417 g/mol. The summed E-state index contributed by atoms with van der Waals surface area (Å²) in [4.78, 5) is 2.46. The van der Waals surface area contributed by atoms with Crippen molar-refractivity contribution >= 4 is 0 Å². The molecule has 0 heterocycles. The summed E-state index contributed by atoms with van der Waals surface area (Å²) in [6.07, 6.45) is -1.82. The lowest BCUT2D eigenvalue weighted by Crippen LogP contribution is -2.31. The lowest BCUT2D eigenvalue weighted by atomic mass is 10.0. The van der Waals surface area contributed by atoms with E-state index in [1.165, 1.54) is 18.1 Å². The van der Waals surface area contributed by atoms with E-state index >= 15 is 0 Å². The van der Waals surface area contributed by atoms with E-state index in [4.69, 9.17) is 5.26 Å². The van der Waals surface area contributed by atoms with Gasteiger partial charge in [-0.05, 0) is 62.3 Å². The van der Waals surface area contributed by atoms with Gasteiger partial charge >= 0.3 is 6.18 Å². The Hall–Kier alpha value is -2.32. The molecule has 0 bridgehead atoms. The number of halogens is 3. The first-order valence-corrected chi connectivity index (χ1v) is 10.5. The first-order chi connectivity index (χ1) is 14.3. The van der Waals surface area contributed by atoms with Crippen LogP contribution in [0, 0.1) is 17.2 Å². The topological polar surface area (TPSA) is 27.0 Å². The summed E-state index contributed by atoms with van der Waals surface area (Å²) in [5.41, 5.74) is 3.35. The number of alkyl halides is 3. The van der Waals surface area contributed by atoms with E-state index in [0.29, 0.717) is 6.04 Å². The Morgan fingerprint density at radius 3 is 2.13 bits per heavy atom. The van der Waals surface area contributed by atoms with Gasteiger partial charge in [0.25, 0.3) is 0 Å². The molecule has 0 aromatic heterocycles. The predicted octanol–water partition coefficient (Wildman–Crippen LogP) is 6.73. The summed E-state index contributed by atoms with van der Waals surface area (Å²) in [7, 11) is 0. The number of rotatable bonds is 8. The van der Waals surface area contributed by atoms with E-state index in [1.807, 2.05) is 30.3 Å². The fourth-order valence-corrected chi connectivity index (χ4v) is 3.68. The van der Waals surface area contributed by atoms with Crippen molar-refractivity contribution in [1.29, 1.82) is 5.26 Å². The molecular weight excluding hydrogens is 385 g/mol. The van der Waals surface area contributed by atoms with Crippen LogP contribution in [0.5, 0.6) is 0 Å². The molecule has 0 amide bonds. The van der Waals surface area contributed by atoms with Crippen molar-refractivity contribution in [2.24, 2.45) is 5.92 Å². The maximum absolute atomic E-state index is 12.7. The third-order valence-electron chi connectivity index (χ3n) is 5.49. The normalized spacial score (nSPS) is 18.0. The van der Waals surface area contributed by atoms with Crippen LogP contribution in [-0.2, 0) is 13.0 Å². The molecule has 2 aromatic carbocycles. The zero-order valence-electron chi connectivity index (χ0n) is 18.0. The fourth-order valence-electron chi connectivity index (χ4n) is 3.68. The highest BCUT2D eigenvalue weighted by Crippen LogP contribution is 2.56. The van der Waals surface area contributed by atoms with Crippen LogP contribution in [0.3, 0.4) is 0 Å². The number of nitrogens with zero attached hydrogens (tertiary/aromatic N) is 2. The second-order valence-electron chi connectivity index (χ2n) is 8.11. The maximum atomic E-state index is 12.7. The van der Waals surface area contributed by atoms with Crippen LogP contribution in [0.4, 0.5) is 13.2 Å². The van der Waals surface area contributed by atoms with E-state index in [0.717, 1.165) is 31.5 Å². The fraction of sp³-hybridized carbons (Fsp3) is 0.480. The molecule has 0 saturated heterocycles. The lowest BCUT2D eigenvalue weighted by molar-refractivity contribution is -0.148. The molecule has 2 nitrogen and oxygen atoms in total. The molecule has 5 heteroatoms. The van der Waals surface area contributed by atoms with Crippen molar-refractivity contribution in [3.63, 3.8) is 0 Å². The van der Waals surface area contributed by atoms with Gasteiger partial charge in [-0.2, -0.15) is 18.4 Å². The van der Waals surface area contributed by atoms with E-state index in [9.17, 15) is 13.2 Å². The Balaban J connectivity index is 0.00000101. The number of hydrogen-bond acceptors (Lipinski definition) is 2. The molecule has 1 aliphatic carbocycles. The standard InChI is InChI=1S/C23H28F3N.C2H3N/c1-17(2)27(16-19-7-4-3-5-8-19)14-6-9-18-10-12-20(13-11-18)21-15-22(21)23(24,25)26;1-2-3/h3-5,7-8,10-13,17,21-22H,6,9,14-16H2,1-2H3;1H3. The SMILES string of the molecule is CC#N.CC(C)N(CCCc1ccc(C2CC2C(F)(F)F)cc1)Cc1ccccc1. The maximum Gasteiger partial charge on any atom is 0.392 e. The minimum Gasteiger partial charge on any atom is -0.297 e. The molecule has 1 fully saturated rings. The van der Waals surface area contributed by atoms with Crippen molar-refractivity contribution in [2.45, 2.75) is 64.7 Å². The van der Waals surface area contributed by atoms with E-state index in [-0.39, 0.29) is 12.3 Å². The third kappa shape index (κ3) is 7.50.